The van der Waals surface area contributed by atoms with E-state index in [-0.39, 0.29) is 12.0 Å². The van der Waals surface area contributed by atoms with Gasteiger partial charge in [-0.1, -0.05) is 29.8 Å². The fourth-order valence-electron chi connectivity index (χ4n) is 2.95. The average Bonchev–Trinajstić information content (AvgIpc) is 3.21. The first kappa shape index (κ1) is 18.0. The van der Waals surface area contributed by atoms with Crippen molar-refractivity contribution < 1.29 is 14.3 Å². The van der Waals surface area contributed by atoms with Crippen LogP contribution in [0, 0.1) is 12.8 Å². The first-order chi connectivity index (χ1) is 12.6. The van der Waals surface area contributed by atoms with Crippen LogP contribution in [0.5, 0.6) is 0 Å². The number of ether oxygens (including phenoxy) is 1. The molecule has 0 saturated carbocycles. The van der Waals surface area contributed by atoms with E-state index in [1.54, 1.807) is 11.1 Å². The number of aromatic amines is 1. The van der Waals surface area contributed by atoms with Crippen molar-refractivity contribution in [2.24, 2.45) is 5.92 Å². The standard InChI is InChI=1S/C19H24N4O3/c1-14-2-4-16(5-3-14)13-26-19(25)23-8-6-15(7-9-23)10-20-18(24)17-11-21-22-12-17/h2-5,11-12,15H,6-10,13H2,1H3,(H,20,24)(H,21,22). The molecule has 2 amide bonds. The van der Waals surface area contributed by atoms with Crippen molar-refractivity contribution in [1.82, 2.24) is 20.4 Å². The first-order valence-corrected chi connectivity index (χ1v) is 8.86. The molecule has 0 radical (unpaired) electrons. The molecule has 0 bridgehead atoms. The van der Waals surface area contributed by atoms with Crippen LogP contribution in [0.2, 0.25) is 0 Å². The summed E-state index contributed by atoms with van der Waals surface area (Å²) in [6.07, 6.45) is 4.51. The Bertz CT molecular complexity index is 720. The molecule has 138 valence electrons. The number of likely N-dealkylation sites (tertiary alicyclic amines) is 1. The van der Waals surface area contributed by atoms with Gasteiger partial charge in [-0.25, -0.2) is 4.79 Å². The molecule has 1 aliphatic heterocycles. The summed E-state index contributed by atoms with van der Waals surface area (Å²) in [6.45, 7) is 4.23. The lowest BCUT2D eigenvalue weighted by molar-refractivity contribution is 0.0801. The lowest BCUT2D eigenvalue weighted by atomic mass is 9.97. The maximum Gasteiger partial charge on any atom is 0.410 e. The fourth-order valence-corrected chi connectivity index (χ4v) is 2.95. The van der Waals surface area contributed by atoms with Crippen LogP contribution in [0.3, 0.4) is 0 Å². The van der Waals surface area contributed by atoms with E-state index in [2.05, 4.69) is 15.5 Å². The molecule has 1 fully saturated rings. The number of piperidine rings is 1. The van der Waals surface area contributed by atoms with E-state index < -0.39 is 0 Å². The van der Waals surface area contributed by atoms with Gasteiger partial charge in [-0.05, 0) is 31.2 Å². The third-order valence-electron chi connectivity index (χ3n) is 4.67. The van der Waals surface area contributed by atoms with Gasteiger partial charge >= 0.3 is 6.09 Å². The van der Waals surface area contributed by atoms with Gasteiger partial charge in [-0.2, -0.15) is 5.10 Å². The van der Waals surface area contributed by atoms with Crippen molar-refractivity contribution >= 4 is 12.0 Å². The molecule has 1 saturated heterocycles. The zero-order chi connectivity index (χ0) is 18.4. The highest BCUT2D eigenvalue weighted by Gasteiger charge is 2.24. The van der Waals surface area contributed by atoms with E-state index in [4.69, 9.17) is 4.74 Å². The number of benzene rings is 1. The fraction of sp³-hybridized carbons (Fsp3) is 0.421. The number of amides is 2. The van der Waals surface area contributed by atoms with Crippen LogP contribution < -0.4 is 5.32 Å². The summed E-state index contributed by atoms with van der Waals surface area (Å²) in [7, 11) is 0. The van der Waals surface area contributed by atoms with Crippen LogP contribution in [-0.4, -0.2) is 46.7 Å². The van der Waals surface area contributed by atoms with E-state index in [1.165, 1.54) is 11.8 Å². The van der Waals surface area contributed by atoms with Crippen LogP contribution in [0.1, 0.15) is 34.3 Å². The second-order valence-electron chi connectivity index (χ2n) is 6.67. The summed E-state index contributed by atoms with van der Waals surface area (Å²) in [6, 6.07) is 7.95. The number of nitrogens with one attached hydrogen (secondary N) is 2. The van der Waals surface area contributed by atoms with E-state index >= 15 is 0 Å². The minimum atomic E-state index is -0.272. The molecule has 2 aromatic rings. The lowest BCUT2D eigenvalue weighted by Crippen LogP contribution is -2.41. The number of carbonyl (C=O) groups excluding carboxylic acids is 2. The second kappa shape index (κ2) is 8.51. The van der Waals surface area contributed by atoms with Crippen molar-refractivity contribution in [1.29, 1.82) is 0 Å². The number of hydrogen-bond acceptors (Lipinski definition) is 4. The molecule has 0 unspecified atom stereocenters. The van der Waals surface area contributed by atoms with Crippen molar-refractivity contribution in [3.8, 4) is 0 Å². The molecular weight excluding hydrogens is 332 g/mol. The molecule has 1 aliphatic rings. The Morgan fingerprint density at radius 2 is 2.00 bits per heavy atom. The number of carbonyl (C=O) groups is 2. The van der Waals surface area contributed by atoms with Gasteiger partial charge in [0.1, 0.15) is 6.61 Å². The van der Waals surface area contributed by atoms with Crippen molar-refractivity contribution in [2.75, 3.05) is 19.6 Å². The molecule has 26 heavy (non-hydrogen) atoms. The molecule has 0 spiro atoms. The minimum absolute atomic E-state index is 0.126. The first-order valence-electron chi connectivity index (χ1n) is 8.86. The van der Waals surface area contributed by atoms with Crippen LogP contribution in [0.15, 0.2) is 36.7 Å². The van der Waals surface area contributed by atoms with Crippen LogP contribution in [0.25, 0.3) is 0 Å². The molecule has 2 heterocycles. The second-order valence-corrected chi connectivity index (χ2v) is 6.67. The maximum absolute atomic E-state index is 12.2. The maximum atomic E-state index is 12.2. The smallest absolute Gasteiger partial charge is 0.410 e. The summed E-state index contributed by atoms with van der Waals surface area (Å²) in [5.74, 6) is 0.241. The third kappa shape index (κ3) is 4.84. The van der Waals surface area contributed by atoms with Crippen molar-refractivity contribution in [3.05, 3.63) is 53.3 Å². The number of rotatable bonds is 5. The molecule has 2 N–H and O–H groups in total. The summed E-state index contributed by atoms with van der Waals surface area (Å²) < 4.78 is 5.40. The Morgan fingerprint density at radius 3 is 2.65 bits per heavy atom. The van der Waals surface area contributed by atoms with Gasteiger partial charge in [0.15, 0.2) is 0 Å². The Morgan fingerprint density at radius 1 is 1.27 bits per heavy atom. The highest BCUT2D eigenvalue weighted by atomic mass is 16.6. The summed E-state index contributed by atoms with van der Waals surface area (Å²) in [5, 5.41) is 9.31. The quantitative estimate of drug-likeness (QED) is 0.862. The van der Waals surface area contributed by atoms with Gasteiger partial charge in [-0.3, -0.25) is 9.89 Å². The van der Waals surface area contributed by atoms with Gasteiger partial charge in [0.05, 0.1) is 11.8 Å². The molecule has 7 nitrogen and oxygen atoms in total. The lowest BCUT2D eigenvalue weighted by Gasteiger charge is -2.31. The molecule has 0 atom stereocenters. The highest BCUT2D eigenvalue weighted by Crippen LogP contribution is 2.18. The summed E-state index contributed by atoms with van der Waals surface area (Å²) in [4.78, 5) is 25.8. The number of H-pyrrole nitrogens is 1. The molecule has 7 heteroatoms. The Kier molecular flexibility index (Phi) is 5.88. The Balaban J connectivity index is 1.37. The van der Waals surface area contributed by atoms with Gasteiger partial charge in [-0.15, -0.1) is 0 Å². The molecule has 0 aliphatic carbocycles. The van der Waals surface area contributed by atoms with Crippen molar-refractivity contribution in [3.63, 3.8) is 0 Å². The Labute approximate surface area is 152 Å². The zero-order valence-electron chi connectivity index (χ0n) is 14.9. The van der Waals surface area contributed by atoms with E-state index in [9.17, 15) is 9.59 Å². The number of hydrogen-bond donors (Lipinski definition) is 2. The predicted molar refractivity (Wildman–Crippen MR) is 96.6 cm³/mol. The predicted octanol–water partition coefficient (Wildman–Crippen LogP) is 2.50. The van der Waals surface area contributed by atoms with Gasteiger partial charge < -0.3 is 15.0 Å². The van der Waals surface area contributed by atoms with Gasteiger partial charge in [0.2, 0.25) is 0 Å². The highest BCUT2D eigenvalue weighted by molar-refractivity contribution is 5.93. The van der Waals surface area contributed by atoms with Crippen LogP contribution in [-0.2, 0) is 11.3 Å². The topological polar surface area (TPSA) is 87.3 Å². The number of aromatic nitrogens is 2. The van der Waals surface area contributed by atoms with Gasteiger partial charge in [0, 0.05) is 25.8 Å². The molecule has 3 rings (SSSR count). The van der Waals surface area contributed by atoms with E-state index in [0.29, 0.717) is 37.7 Å². The molecule has 1 aromatic carbocycles. The average molecular weight is 356 g/mol. The largest absolute Gasteiger partial charge is 0.445 e. The number of aryl methyl sites for hydroxylation is 1. The van der Waals surface area contributed by atoms with E-state index in [0.717, 1.165) is 18.4 Å². The van der Waals surface area contributed by atoms with Crippen LogP contribution in [0.4, 0.5) is 4.79 Å². The zero-order valence-corrected chi connectivity index (χ0v) is 14.9. The SMILES string of the molecule is Cc1ccc(COC(=O)N2CCC(CNC(=O)c3cn[nH]c3)CC2)cc1. The van der Waals surface area contributed by atoms with E-state index in [1.807, 2.05) is 31.2 Å². The monoisotopic (exact) mass is 356 g/mol. The molecule has 1 aromatic heterocycles. The Hall–Kier alpha value is -2.83. The summed E-state index contributed by atoms with van der Waals surface area (Å²) in [5.41, 5.74) is 2.70. The number of nitrogens with zero attached hydrogens (tertiary/aromatic N) is 2. The summed E-state index contributed by atoms with van der Waals surface area (Å²) >= 11 is 0. The molecular formula is C19H24N4O3. The van der Waals surface area contributed by atoms with Crippen LogP contribution >= 0.6 is 0 Å². The normalized spacial score (nSPS) is 14.9. The minimum Gasteiger partial charge on any atom is -0.445 e. The third-order valence-corrected chi connectivity index (χ3v) is 4.67. The van der Waals surface area contributed by atoms with Gasteiger partial charge in [0.25, 0.3) is 5.91 Å². The van der Waals surface area contributed by atoms with Crippen molar-refractivity contribution in [2.45, 2.75) is 26.4 Å².